The number of nitrogens with zero attached hydrogens (tertiary/aromatic N) is 2. The number of hydrogen-bond acceptors (Lipinski definition) is 6. The number of carbonyl (C=O) groups excluding carboxylic acids is 5. The van der Waals surface area contributed by atoms with Crippen molar-refractivity contribution in [2.45, 2.75) is 100 Å². The van der Waals surface area contributed by atoms with E-state index >= 15 is 0 Å². The van der Waals surface area contributed by atoms with Gasteiger partial charge >= 0.3 is 6.03 Å². The van der Waals surface area contributed by atoms with Gasteiger partial charge in [0.25, 0.3) is 11.8 Å². The molecule has 0 aromatic heterocycles. The molecule has 0 spiro atoms. The Morgan fingerprint density at radius 2 is 1.47 bits per heavy atom. The smallest absolute Gasteiger partial charge is 0.315 e. The van der Waals surface area contributed by atoms with E-state index in [4.69, 9.17) is 4.74 Å². The maximum absolute atomic E-state index is 13.9. The van der Waals surface area contributed by atoms with Crippen molar-refractivity contribution in [2.75, 3.05) is 26.3 Å². The number of ether oxygens (including phenoxy) is 1. The van der Waals surface area contributed by atoms with Gasteiger partial charge in [-0.15, -0.1) is 0 Å². The van der Waals surface area contributed by atoms with Crippen LogP contribution >= 0.6 is 0 Å². The lowest BCUT2D eigenvalue weighted by atomic mass is 9.80. The molecule has 2 fully saturated rings. The third-order valence-corrected chi connectivity index (χ3v) is 7.25. The fourth-order valence-electron chi connectivity index (χ4n) is 5.24. The summed E-state index contributed by atoms with van der Waals surface area (Å²) in [6.07, 6.45) is 1.56. The molecular formula is C28H48N4O6. The summed E-state index contributed by atoms with van der Waals surface area (Å²) >= 11 is 0. The van der Waals surface area contributed by atoms with Gasteiger partial charge < -0.3 is 20.3 Å². The summed E-state index contributed by atoms with van der Waals surface area (Å²) in [4.78, 5) is 67.1. The average Bonchev–Trinajstić information content (AvgIpc) is 3.14. The van der Waals surface area contributed by atoms with Gasteiger partial charge in [-0.05, 0) is 41.9 Å². The van der Waals surface area contributed by atoms with E-state index in [2.05, 4.69) is 31.4 Å². The Balaban J connectivity index is 2.22. The summed E-state index contributed by atoms with van der Waals surface area (Å²) in [6, 6.07) is -2.55. The molecule has 0 saturated carbocycles. The monoisotopic (exact) mass is 536 g/mol. The molecule has 0 unspecified atom stereocenters. The van der Waals surface area contributed by atoms with Gasteiger partial charge in [-0.3, -0.25) is 24.1 Å². The second kappa shape index (κ2) is 11.7. The van der Waals surface area contributed by atoms with Crippen LogP contribution in [0.5, 0.6) is 0 Å². The van der Waals surface area contributed by atoms with Gasteiger partial charge in [0.2, 0.25) is 5.91 Å². The molecule has 216 valence electrons. The van der Waals surface area contributed by atoms with Gasteiger partial charge in [0.15, 0.2) is 5.78 Å². The molecule has 10 nitrogen and oxygen atoms in total. The van der Waals surface area contributed by atoms with Crippen LogP contribution in [0.3, 0.4) is 0 Å². The largest absolute Gasteiger partial charge is 0.362 e. The van der Waals surface area contributed by atoms with Gasteiger partial charge in [-0.2, -0.15) is 0 Å². The second-order valence-electron chi connectivity index (χ2n) is 14.1. The highest BCUT2D eigenvalue weighted by Crippen LogP contribution is 2.36. The van der Waals surface area contributed by atoms with Crippen LogP contribution in [0.4, 0.5) is 4.79 Å². The van der Waals surface area contributed by atoms with Crippen molar-refractivity contribution in [3.63, 3.8) is 0 Å². The van der Waals surface area contributed by atoms with E-state index in [1.165, 1.54) is 6.92 Å². The second-order valence-corrected chi connectivity index (χ2v) is 14.1. The SMILES string of the molecule is CC(=O)[C@@H]1[C@@H](CC(C)(C)C)CCN1C(=O)[C@@H](NC(=O)N[C@H](CN1C(=O)COCC1=O)C(C)(C)C)C(C)(C)C. The molecule has 2 rings (SSSR count). The molecule has 5 amide bonds. The summed E-state index contributed by atoms with van der Waals surface area (Å²) in [5, 5.41) is 5.75. The Bertz CT molecular complexity index is 911. The lowest BCUT2D eigenvalue weighted by molar-refractivity contribution is -0.159. The zero-order valence-corrected chi connectivity index (χ0v) is 24.9. The van der Waals surface area contributed by atoms with Crippen molar-refractivity contribution in [3.05, 3.63) is 0 Å². The van der Waals surface area contributed by atoms with E-state index in [1.54, 1.807) is 4.90 Å². The summed E-state index contributed by atoms with van der Waals surface area (Å²) < 4.78 is 4.99. The van der Waals surface area contributed by atoms with Gasteiger partial charge in [0.05, 0.1) is 12.1 Å². The first kappa shape index (κ1) is 31.7. The van der Waals surface area contributed by atoms with Gasteiger partial charge in [-0.1, -0.05) is 62.3 Å². The minimum absolute atomic E-state index is 0.000896. The lowest BCUT2D eigenvalue weighted by Gasteiger charge is -2.39. The number of amides is 5. The first-order chi connectivity index (χ1) is 17.2. The molecule has 2 aliphatic heterocycles. The summed E-state index contributed by atoms with van der Waals surface area (Å²) in [7, 11) is 0. The number of imide groups is 1. The van der Waals surface area contributed by atoms with Gasteiger partial charge in [-0.25, -0.2) is 4.79 Å². The number of nitrogens with one attached hydrogen (secondary N) is 2. The highest BCUT2D eigenvalue weighted by atomic mass is 16.5. The predicted molar refractivity (Wildman–Crippen MR) is 144 cm³/mol. The number of morpholine rings is 1. The molecule has 2 saturated heterocycles. The van der Waals surface area contributed by atoms with E-state index in [-0.39, 0.29) is 42.8 Å². The minimum Gasteiger partial charge on any atom is -0.362 e. The van der Waals surface area contributed by atoms with Crippen molar-refractivity contribution in [1.82, 2.24) is 20.4 Å². The Kier molecular flexibility index (Phi) is 9.78. The fraction of sp³-hybridized carbons (Fsp3) is 0.821. The van der Waals surface area contributed by atoms with Crippen LogP contribution < -0.4 is 10.6 Å². The number of likely N-dealkylation sites (tertiary alicyclic amines) is 1. The quantitative estimate of drug-likeness (QED) is 0.482. The van der Waals surface area contributed by atoms with Crippen LogP contribution in [0.1, 0.15) is 82.1 Å². The first-order valence-corrected chi connectivity index (χ1v) is 13.5. The highest BCUT2D eigenvalue weighted by Gasteiger charge is 2.46. The maximum atomic E-state index is 13.9. The first-order valence-electron chi connectivity index (χ1n) is 13.5. The maximum Gasteiger partial charge on any atom is 0.315 e. The molecule has 2 aliphatic rings. The van der Waals surface area contributed by atoms with Crippen molar-refractivity contribution in [3.8, 4) is 0 Å². The Morgan fingerprint density at radius 3 is 1.92 bits per heavy atom. The Hall–Kier alpha value is -2.49. The van der Waals surface area contributed by atoms with E-state index in [0.717, 1.165) is 17.7 Å². The number of rotatable bonds is 7. The summed E-state index contributed by atoms with van der Waals surface area (Å²) in [6.45, 7) is 19.3. The molecule has 0 aromatic rings. The topological polar surface area (TPSA) is 125 Å². The zero-order valence-electron chi connectivity index (χ0n) is 24.9. The molecule has 2 N–H and O–H groups in total. The van der Waals surface area contributed by atoms with Gasteiger partial charge in [0, 0.05) is 13.1 Å². The fourth-order valence-corrected chi connectivity index (χ4v) is 5.24. The van der Waals surface area contributed by atoms with Crippen LogP contribution in [-0.2, 0) is 23.9 Å². The molecule has 0 bridgehead atoms. The zero-order chi connectivity index (χ0) is 29.2. The van der Waals surface area contributed by atoms with E-state index in [9.17, 15) is 24.0 Å². The average molecular weight is 537 g/mol. The standard InChI is InChI=1S/C28H48N4O6/c1-17(33)22-18(13-26(2,3)4)11-12-31(22)24(36)23(28(8,9)10)30-25(37)29-19(27(5,6)7)14-32-20(34)15-38-16-21(32)35/h18-19,22-23H,11-16H2,1-10H3,(H2,29,30,37)/t18-,19-,22-,23-/m1/s1. The van der Waals surface area contributed by atoms with E-state index < -0.39 is 46.8 Å². The molecule has 0 radical (unpaired) electrons. The van der Waals surface area contributed by atoms with Crippen LogP contribution in [0.15, 0.2) is 0 Å². The summed E-state index contributed by atoms with van der Waals surface area (Å²) in [5.74, 6) is -1.16. The molecular weight excluding hydrogens is 488 g/mol. The normalized spacial score (nSPS) is 22.8. The predicted octanol–water partition coefficient (Wildman–Crippen LogP) is 2.74. The van der Waals surface area contributed by atoms with Crippen molar-refractivity contribution in [2.24, 2.45) is 22.2 Å². The molecule has 0 aliphatic carbocycles. The minimum atomic E-state index is -0.884. The molecule has 2 heterocycles. The highest BCUT2D eigenvalue weighted by molar-refractivity contribution is 5.98. The van der Waals surface area contributed by atoms with Crippen LogP contribution in [0.25, 0.3) is 0 Å². The third kappa shape index (κ3) is 8.25. The summed E-state index contributed by atoms with van der Waals surface area (Å²) in [5.41, 5.74) is -1.11. The van der Waals surface area contributed by atoms with Crippen LogP contribution in [0.2, 0.25) is 0 Å². The molecule has 38 heavy (non-hydrogen) atoms. The number of ketones is 1. The number of carbonyl (C=O) groups is 5. The number of hydrogen-bond donors (Lipinski definition) is 2. The number of urea groups is 1. The van der Waals surface area contributed by atoms with Crippen LogP contribution in [0, 0.1) is 22.2 Å². The van der Waals surface area contributed by atoms with Crippen molar-refractivity contribution >= 4 is 29.5 Å². The number of Topliss-reactive ketones (excluding diaryl/α,β-unsaturated/α-hetero) is 1. The van der Waals surface area contributed by atoms with Crippen LogP contribution in [-0.4, -0.2) is 83.8 Å². The van der Waals surface area contributed by atoms with Crippen molar-refractivity contribution in [1.29, 1.82) is 0 Å². The lowest BCUT2D eigenvalue weighted by Crippen LogP contribution is -2.62. The Morgan fingerprint density at radius 1 is 0.921 bits per heavy atom. The molecule has 4 atom stereocenters. The van der Waals surface area contributed by atoms with E-state index in [0.29, 0.717) is 6.54 Å². The van der Waals surface area contributed by atoms with E-state index in [1.807, 2.05) is 41.5 Å². The molecule has 10 heteroatoms. The van der Waals surface area contributed by atoms with Gasteiger partial charge in [0.1, 0.15) is 19.3 Å². The third-order valence-electron chi connectivity index (χ3n) is 7.25. The molecule has 0 aromatic carbocycles. The van der Waals surface area contributed by atoms with Crippen molar-refractivity contribution < 1.29 is 28.7 Å². The Labute approximate surface area is 227 Å².